The number of hydrogen-bond donors (Lipinski definition) is 1. The number of hydrogen-bond acceptors (Lipinski definition) is 4. The van der Waals surface area contributed by atoms with E-state index in [0.29, 0.717) is 44.3 Å². The zero-order chi connectivity index (χ0) is 18.5. The molecule has 1 heterocycles. The maximum absolute atomic E-state index is 12.8. The molecule has 2 aromatic rings. The van der Waals surface area contributed by atoms with E-state index in [1.807, 2.05) is 47.4 Å². The Morgan fingerprint density at radius 2 is 1.81 bits per heavy atom. The van der Waals surface area contributed by atoms with E-state index in [4.69, 9.17) is 4.74 Å². The quantitative estimate of drug-likeness (QED) is 0.894. The lowest BCUT2D eigenvalue weighted by atomic mass is 10.1. The van der Waals surface area contributed by atoms with Gasteiger partial charge in [0, 0.05) is 31.7 Å². The van der Waals surface area contributed by atoms with Gasteiger partial charge in [-0.05, 0) is 36.2 Å². The van der Waals surface area contributed by atoms with Crippen LogP contribution in [0.4, 0.5) is 5.69 Å². The van der Waals surface area contributed by atoms with Crippen molar-refractivity contribution in [3.8, 4) is 11.5 Å². The minimum absolute atomic E-state index is 0.0249. The first kappa shape index (κ1) is 18.1. The van der Waals surface area contributed by atoms with Crippen LogP contribution in [0.3, 0.4) is 0 Å². The van der Waals surface area contributed by atoms with Gasteiger partial charge >= 0.3 is 0 Å². The number of nitrogens with zero attached hydrogens (tertiary/aromatic N) is 2. The summed E-state index contributed by atoms with van der Waals surface area (Å²) < 4.78 is 5.73. The number of para-hydroxylation sites is 2. The van der Waals surface area contributed by atoms with Crippen molar-refractivity contribution in [2.24, 2.45) is 5.92 Å². The number of anilines is 1. The Balaban J connectivity index is 1.62. The van der Waals surface area contributed by atoms with Gasteiger partial charge < -0.3 is 19.6 Å². The predicted octanol–water partition coefficient (Wildman–Crippen LogP) is 3.39. The molecule has 0 aliphatic carbocycles. The fourth-order valence-electron chi connectivity index (χ4n) is 3.05. The SMILES string of the molecule is CC(C)COc1cccc(C(=O)N2CCN(c3ccccc3O)CC2)c1. The molecule has 0 aromatic heterocycles. The summed E-state index contributed by atoms with van der Waals surface area (Å²) in [6, 6.07) is 14.7. The third kappa shape index (κ3) is 4.28. The Kier molecular flexibility index (Phi) is 5.66. The standard InChI is InChI=1S/C21H26N2O3/c1-16(2)15-26-18-7-5-6-17(14-18)21(25)23-12-10-22(11-13-23)19-8-3-4-9-20(19)24/h3-9,14,16,24H,10-13,15H2,1-2H3. The second-order valence-corrected chi connectivity index (χ2v) is 7.00. The van der Waals surface area contributed by atoms with Crippen molar-refractivity contribution < 1.29 is 14.6 Å². The van der Waals surface area contributed by atoms with Crippen molar-refractivity contribution in [1.82, 2.24) is 4.90 Å². The summed E-state index contributed by atoms with van der Waals surface area (Å²) in [4.78, 5) is 16.8. The van der Waals surface area contributed by atoms with Crippen LogP contribution in [0.1, 0.15) is 24.2 Å². The van der Waals surface area contributed by atoms with E-state index in [1.54, 1.807) is 6.07 Å². The summed E-state index contributed by atoms with van der Waals surface area (Å²) in [5, 5.41) is 10.00. The van der Waals surface area contributed by atoms with Gasteiger partial charge in [0.15, 0.2) is 0 Å². The minimum atomic E-state index is 0.0249. The van der Waals surface area contributed by atoms with Gasteiger partial charge in [-0.15, -0.1) is 0 Å². The largest absolute Gasteiger partial charge is 0.506 e. The summed E-state index contributed by atoms with van der Waals surface area (Å²) in [6.07, 6.45) is 0. The molecule has 0 bridgehead atoms. The molecule has 0 spiro atoms. The van der Waals surface area contributed by atoms with Gasteiger partial charge in [-0.3, -0.25) is 4.79 Å². The molecule has 1 N–H and O–H groups in total. The zero-order valence-corrected chi connectivity index (χ0v) is 15.4. The fourth-order valence-corrected chi connectivity index (χ4v) is 3.05. The molecule has 1 fully saturated rings. The van der Waals surface area contributed by atoms with Crippen LogP contribution in [0, 0.1) is 5.92 Å². The van der Waals surface area contributed by atoms with E-state index in [1.165, 1.54) is 0 Å². The van der Waals surface area contributed by atoms with Crippen LogP contribution in [-0.4, -0.2) is 48.7 Å². The molecule has 138 valence electrons. The highest BCUT2D eigenvalue weighted by Gasteiger charge is 2.23. The van der Waals surface area contributed by atoms with Gasteiger partial charge in [-0.25, -0.2) is 0 Å². The van der Waals surface area contributed by atoms with Crippen molar-refractivity contribution in [3.05, 3.63) is 54.1 Å². The number of rotatable bonds is 5. The first-order valence-electron chi connectivity index (χ1n) is 9.09. The van der Waals surface area contributed by atoms with E-state index < -0.39 is 0 Å². The number of phenols is 1. The second-order valence-electron chi connectivity index (χ2n) is 7.00. The highest BCUT2D eigenvalue weighted by atomic mass is 16.5. The average molecular weight is 354 g/mol. The molecule has 1 saturated heterocycles. The monoisotopic (exact) mass is 354 g/mol. The Labute approximate surface area is 154 Å². The number of piperazine rings is 1. The molecule has 0 saturated carbocycles. The first-order chi connectivity index (χ1) is 12.5. The number of carbonyl (C=O) groups is 1. The van der Waals surface area contributed by atoms with Crippen molar-refractivity contribution in [3.63, 3.8) is 0 Å². The minimum Gasteiger partial charge on any atom is -0.506 e. The first-order valence-corrected chi connectivity index (χ1v) is 9.09. The molecule has 0 atom stereocenters. The number of phenolic OH excluding ortho intramolecular Hbond substituents is 1. The lowest BCUT2D eigenvalue weighted by Gasteiger charge is -2.36. The summed E-state index contributed by atoms with van der Waals surface area (Å²) in [5.41, 5.74) is 1.48. The van der Waals surface area contributed by atoms with Crippen molar-refractivity contribution >= 4 is 11.6 Å². The molecule has 5 nitrogen and oxygen atoms in total. The molecule has 5 heteroatoms. The molecule has 0 radical (unpaired) electrons. The van der Waals surface area contributed by atoms with Crippen LogP contribution in [0.5, 0.6) is 11.5 Å². The van der Waals surface area contributed by atoms with Crippen LogP contribution in [-0.2, 0) is 0 Å². The number of benzene rings is 2. The summed E-state index contributed by atoms with van der Waals surface area (Å²) >= 11 is 0. The van der Waals surface area contributed by atoms with E-state index in [9.17, 15) is 9.90 Å². The number of ether oxygens (including phenoxy) is 1. The third-order valence-corrected chi connectivity index (χ3v) is 4.45. The van der Waals surface area contributed by atoms with Gasteiger partial charge in [-0.2, -0.15) is 0 Å². The molecule has 1 aliphatic rings. The van der Waals surface area contributed by atoms with Crippen LogP contribution < -0.4 is 9.64 Å². The number of amides is 1. The maximum atomic E-state index is 12.8. The lowest BCUT2D eigenvalue weighted by Crippen LogP contribution is -2.48. The summed E-state index contributed by atoms with van der Waals surface area (Å²) in [5.74, 6) is 1.48. The van der Waals surface area contributed by atoms with Crippen LogP contribution in [0.25, 0.3) is 0 Å². The van der Waals surface area contributed by atoms with Gasteiger partial charge in [0.2, 0.25) is 0 Å². The van der Waals surface area contributed by atoms with Crippen LogP contribution in [0.15, 0.2) is 48.5 Å². The number of carbonyl (C=O) groups excluding carboxylic acids is 1. The molecule has 1 aliphatic heterocycles. The molecule has 3 rings (SSSR count). The molecule has 1 amide bonds. The molecular formula is C21H26N2O3. The van der Waals surface area contributed by atoms with Gasteiger partial charge in [0.1, 0.15) is 11.5 Å². The van der Waals surface area contributed by atoms with Gasteiger partial charge in [0.05, 0.1) is 12.3 Å². The highest BCUT2D eigenvalue weighted by Crippen LogP contribution is 2.27. The van der Waals surface area contributed by atoms with Crippen molar-refractivity contribution in [1.29, 1.82) is 0 Å². The Hall–Kier alpha value is -2.69. The molecular weight excluding hydrogens is 328 g/mol. The maximum Gasteiger partial charge on any atom is 0.254 e. The Bertz CT molecular complexity index is 752. The van der Waals surface area contributed by atoms with Crippen LogP contribution >= 0.6 is 0 Å². The van der Waals surface area contributed by atoms with E-state index in [0.717, 1.165) is 11.4 Å². The average Bonchev–Trinajstić information content (AvgIpc) is 2.66. The predicted molar refractivity (Wildman–Crippen MR) is 103 cm³/mol. The van der Waals surface area contributed by atoms with Gasteiger partial charge in [-0.1, -0.05) is 32.0 Å². The molecule has 2 aromatic carbocycles. The molecule has 26 heavy (non-hydrogen) atoms. The van der Waals surface area contributed by atoms with E-state index >= 15 is 0 Å². The molecule has 0 unspecified atom stereocenters. The normalized spacial score (nSPS) is 14.6. The highest BCUT2D eigenvalue weighted by molar-refractivity contribution is 5.94. The zero-order valence-electron chi connectivity index (χ0n) is 15.4. The topological polar surface area (TPSA) is 53.0 Å². The third-order valence-electron chi connectivity index (χ3n) is 4.45. The second kappa shape index (κ2) is 8.13. The number of aromatic hydroxyl groups is 1. The van der Waals surface area contributed by atoms with Crippen molar-refractivity contribution in [2.45, 2.75) is 13.8 Å². The Morgan fingerprint density at radius 3 is 2.50 bits per heavy atom. The smallest absolute Gasteiger partial charge is 0.254 e. The van der Waals surface area contributed by atoms with E-state index in [-0.39, 0.29) is 11.7 Å². The fraction of sp³-hybridized carbons (Fsp3) is 0.381. The van der Waals surface area contributed by atoms with E-state index in [2.05, 4.69) is 18.7 Å². The Morgan fingerprint density at radius 1 is 1.08 bits per heavy atom. The summed E-state index contributed by atoms with van der Waals surface area (Å²) in [7, 11) is 0. The van der Waals surface area contributed by atoms with Crippen molar-refractivity contribution in [2.75, 3.05) is 37.7 Å². The summed E-state index contributed by atoms with van der Waals surface area (Å²) in [6.45, 7) is 7.49. The van der Waals surface area contributed by atoms with Gasteiger partial charge in [0.25, 0.3) is 5.91 Å². The van der Waals surface area contributed by atoms with Crippen LogP contribution in [0.2, 0.25) is 0 Å². The lowest BCUT2D eigenvalue weighted by molar-refractivity contribution is 0.0746.